The maximum Gasteiger partial charge on any atom is 0.248 e. The molecule has 1 saturated heterocycles. The van der Waals surface area contributed by atoms with E-state index in [1.165, 1.54) is 18.2 Å². The molecule has 5 heteroatoms. The van der Waals surface area contributed by atoms with E-state index in [0.717, 1.165) is 32.5 Å². The lowest BCUT2D eigenvalue weighted by Gasteiger charge is -2.32. The van der Waals surface area contributed by atoms with Crippen LogP contribution in [0.1, 0.15) is 30.1 Å². The zero-order chi connectivity index (χ0) is 13.8. The molecule has 104 valence electrons. The van der Waals surface area contributed by atoms with Crippen molar-refractivity contribution < 1.29 is 9.18 Å². The van der Waals surface area contributed by atoms with Crippen LogP contribution >= 0.6 is 0 Å². The number of carbonyl (C=O) groups excluding carboxylic acids is 1. The predicted octanol–water partition coefficient (Wildman–Crippen LogP) is 1.82. The number of benzene rings is 1. The van der Waals surface area contributed by atoms with Crippen molar-refractivity contribution in [3.63, 3.8) is 0 Å². The molecule has 1 aliphatic rings. The third-order valence-corrected chi connectivity index (χ3v) is 3.65. The van der Waals surface area contributed by atoms with Gasteiger partial charge < -0.3 is 16.0 Å². The number of hydrogen-bond acceptors (Lipinski definition) is 3. The SMILES string of the molecule is CCN1CCC(Nc2cc(C(N)=O)ccc2F)CC1. The fraction of sp³-hybridized carbons (Fsp3) is 0.500. The van der Waals surface area contributed by atoms with Crippen molar-refractivity contribution in [2.24, 2.45) is 5.73 Å². The molecular weight excluding hydrogens is 245 g/mol. The monoisotopic (exact) mass is 265 g/mol. The molecule has 19 heavy (non-hydrogen) atoms. The summed E-state index contributed by atoms with van der Waals surface area (Å²) >= 11 is 0. The molecule has 0 radical (unpaired) electrons. The Hall–Kier alpha value is -1.62. The van der Waals surface area contributed by atoms with Gasteiger partial charge in [-0.05, 0) is 37.6 Å². The maximum atomic E-state index is 13.7. The van der Waals surface area contributed by atoms with Crippen LogP contribution in [-0.2, 0) is 0 Å². The van der Waals surface area contributed by atoms with Crippen LogP contribution < -0.4 is 11.1 Å². The molecule has 1 aromatic carbocycles. The summed E-state index contributed by atoms with van der Waals surface area (Å²) in [5.74, 6) is -0.883. The number of nitrogens with two attached hydrogens (primary N) is 1. The molecule has 1 heterocycles. The van der Waals surface area contributed by atoms with Crippen LogP contribution in [0.2, 0.25) is 0 Å². The highest BCUT2D eigenvalue weighted by molar-refractivity contribution is 5.93. The van der Waals surface area contributed by atoms with Gasteiger partial charge in [0.1, 0.15) is 5.82 Å². The van der Waals surface area contributed by atoms with Crippen LogP contribution in [0.15, 0.2) is 18.2 Å². The Kier molecular flexibility index (Phi) is 4.37. The smallest absolute Gasteiger partial charge is 0.248 e. The first-order chi connectivity index (χ1) is 9.10. The van der Waals surface area contributed by atoms with E-state index < -0.39 is 5.91 Å². The van der Waals surface area contributed by atoms with Crippen LogP contribution in [0.3, 0.4) is 0 Å². The number of likely N-dealkylation sites (tertiary alicyclic amines) is 1. The summed E-state index contributed by atoms with van der Waals surface area (Å²) in [4.78, 5) is 13.5. The number of rotatable bonds is 4. The van der Waals surface area contributed by atoms with Gasteiger partial charge >= 0.3 is 0 Å². The van der Waals surface area contributed by atoms with Gasteiger partial charge in [0.25, 0.3) is 0 Å². The Balaban J connectivity index is 2.03. The zero-order valence-corrected chi connectivity index (χ0v) is 11.2. The summed E-state index contributed by atoms with van der Waals surface area (Å²) in [6, 6.07) is 4.43. The molecule has 0 aliphatic carbocycles. The van der Waals surface area contributed by atoms with Gasteiger partial charge in [0, 0.05) is 24.7 Å². The number of anilines is 1. The molecule has 0 bridgehead atoms. The van der Waals surface area contributed by atoms with Crippen molar-refractivity contribution in [2.45, 2.75) is 25.8 Å². The second-order valence-corrected chi connectivity index (χ2v) is 4.91. The van der Waals surface area contributed by atoms with Crippen LogP contribution in [0.5, 0.6) is 0 Å². The molecular formula is C14H20FN3O. The molecule has 0 spiro atoms. The van der Waals surface area contributed by atoms with Gasteiger partial charge in [-0.2, -0.15) is 0 Å². The minimum Gasteiger partial charge on any atom is -0.380 e. The molecule has 1 aliphatic heterocycles. The number of hydrogen-bond donors (Lipinski definition) is 2. The van der Waals surface area contributed by atoms with Gasteiger partial charge in [0.2, 0.25) is 5.91 Å². The molecule has 1 amide bonds. The minimum atomic E-state index is -0.538. The molecule has 3 N–H and O–H groups in total. The summed E-state index contributed by atoms with van der Waals surface area (Å²) in [6.07, 6.45) is 1.96. The Morgan fingerprint density at radius 3 is 2.74 bits per heavy atom. The Morgan fingerprint density at radius 2 is 2.16 bits per heavy atom. The van der Waals surface area contributed by atoms with E-state index >= 15 is 0 Å². The number of amides is 1. The summed E-state index contributed by atoms with van der Waals surface area (Å²) in [5.41, 5.74) is 5.90. The highest BCUT2D eigenvalue weighted by atomic mass is 19.1. The van der Waals surface area contributed by atoms with Crippen molar-refractivity contribution in [2.75, 3.05) is 25.0 Å². The van der Waals surface area contributed by atoms with Crippen molar-refractivity contribution in [1.29, 1.82) is 0 Å². The van der Waals surface area contributed by atoms with Gasteiger partial charge in [-0.1, -0.05) is 6.92 Å². The summed E-state index contributed by atoms with van der Waals surface area (Å²) < 4.78 is 13.7. The number of nitrogens with zero attached hydrogens (tertiary/aromatic N) is 1. The lowest BCUT2D eigenvalue weighted by atomic mass is 10.0. The fourth-order valence-corrected chi connectivity index (χ4v) is 2.40. The quantitative estimate of drug-likeness (QED) is 0.873. The van der Waals surface area contributed by atoms with Crippen molar-refractivity contribution in [3.05, 3.63) is 29.6 Å². The summed E-state index contributed by atoms with van der Waals surface area (Å²) in [5, 5.41) is 3.18. The molecule has 0 aromatic heterocycles. The molecule has 0 saturated carbocycles. The number of halogens is 1. The second-order valence-electron chi connectivity index (χ2n) is 4.91. The third kappa shape index (κ3) is 3.44. The average molecular weight is 265 g/mol. The van der Waals surface area contributed by atoms with E-state index in [2.05, 4.69) is 17.1 Å². The Morgan fingerprint density at radius 1 is 1.47 bits per heavy atom. The van der Waals surface area contributed by atoms with E-state index in [1.54, 1.807) is 0 Å². The van der Waals surface area contributed by atoms with Crippen molar-refractivity contribution in [1.82, 2.24) is 4.90 Å². The first-order valence-corrected chi connectivity index (χ1v) is 6.68. The number of primary amides is 1. The topological polar surface area (TPSA) is 58.4 Å². The second kappa shape index (κ2) is 6.02. The van der Waals surface area contributed by atoms with Crippen molar-refractivity contribution >= 4 is 11.6 Å². The molecule has 1 fully saturated rings. The highest BCUT2D eigenvalue weighted by Gasteiger charge is 2.19. The van der Waals surface area contributed by atoms with E-state index in [0.29, 0.717) is 11.3 Å². The standard InChI is InChI=1S/C14H20FN3O/c1-2-18-7-5-11(6-8-18)17-13-9-10(14(16)19)3-4-12(13)15/h3-4,9,11,17H,2,5-8H2,1H3,(H2,16,19). The molecule has 0 unspecified atom stereocenters. The normalized spacial score (nSPS) is 17.4. The van der Waals surface area contributed by atoms with E-state index in [-0.39, 0.29) is 11.9 Å². The highest BCUT2D eigenvalue weighted by Crippen LogP contribution is 2.20. The van der Waals surface area contributed by atoms with Gasteiger partial charge in [0.05, 0.1) is 5.69 Å². The Bertz CT molecular complexity index is 456. The zero-order valence-electron chi connectivity index (χ0n) is 11.2. The van der Waals surface area contributed by atoms with Crippen LogP contribution in [0, 0.1) is 5.82 Å². The maximum absolute atomic E-state index is 13.7. The number of nitrogens with one attached hydrogen (secondary N) is 1. The minimum absolute atomic E-state index is 0.250. The summed E-state index contributed by atoms with van der Waals surface area (Å²) in [6.45, 7) is 5.23. The fourth-order valence-electron chi connectivity index (χ4n) is 2.40. The number of piperidine rings is 1. The predicted molar refractivity (Wildman–Crippen MR) is 73.7 cm³/mol. The first kappa shape index (κ1) is 13.8. The van der Waals surface area contributed by atoms with Gasteiger partial charge in [-0.25, -0.2) is 4.39 Å². The number of carbonyl (C=O) groups is 1. The first-order valence-electron chi connectivity index (χ1n) is 6.68. The average Bonchev–Trinajstić information content (AvgIpc) is 2.42. The Labute approximate surface area is 112 Å². The largest absolute Gasteiger partial charge is 0.380 e. The van der Waals surface area contributed by atoms with Gasteiger partial charge in [-0.3, -0.25) is 4.79 Å². The van der Waals surface area contributed by atoms with Crippen LogP contribution in [0.4, 0.5) is 10.1 Å². The van der Waals surface area contributed by atoms with E-state index in [9.17, 15) is 9.18 Å². The van der Waals surface area contributed by atoms with Crippen LogP contribution in [0.25, 0.3) is 0 Å². The van der Waals surface area contributed by atoms with Gasteiger partial charge in [-0.15, -0.1) is 0 Å². The van der Waals surface area contributed by atoms with Gasteiger partial charge in [0.15, 0.2) is 0 Å². The lowest BCUT2D eigenvalue weighted by Crippen LogP contribution is -2.39. The lowest BCUT2D eigenvalue weighted by molar-refractivity contribution is 0.100. The van der Waals surface area contributed by atoms with Crippen LogP contribution in [-0.4, -0.2) is 36.5 Å². The summed E-state index contributed by atoms with van der Waals surface area (Å²) in [7, 11) is 0. The van der Waals surface area contributed by atoms with Crippen molar-refractivity contribution in [3.8, 4) is 0 Å². The molecule has 2 rings (SSSR count). The molecule has 1 aromatic rings. The van der Waals surface area contributed by atoms with E-state index in [1.807, 2.05) is 0 Å². The molecule has 0 atom stereocenters. The third-order valence-electron chi connectivity index (χ3n) is 3.65. The molecule has 4 nitrogen and oxygen atoms in total. The van der Waals surface area contributed by atoms with E-state index in [4.69, 9.17) is 5.73 Å².